The Hall–Kier alpha value is -2.49. The predicted octanol–water partition coefficient (Wildman–Crippen LogP) is 2.23. The van der Waals surface area contributed by atoms with Crippen LogP contribution in [-0.2, 0) is 0 Å². The number of aldehydes is 1. The van der Waals surface area contributed by atoms with E-state index in [-0.39, 0.29) is 0 Å². The smallest absolute Gasteiger partial charge is 0.170 e. The molecule has 0 aliphatic heterocycles. The van der Waals surface area contributed by atoms with Gasteiger partial charge in [0, 0.05) is 5.39 Å². The Kier molecular flexibility index (Phi) is 2.19. The van der Waals surface area contributed by atoms with Crippen LogP contribution in [0, 0.1) is 0 Å². The lowest BCUT2D eigenvalue weighted by atomic mass is 10.1. The fourth-order valence-corrected chi connectivity index (χ4v) is 1.90. The number of benzene rings is 2. The van der Waals surface area contributed by atoms with E-state index in [1.807, 2.05) is 42.5 Å². The van der Waals surface area contributed by atoms with Crippen LogP contribution in [0.4, 0.5) is 0 Å². The molecule has 0 radical (unpaired) electrons. The molecule has 2 aromatic carbocycles. The van der Waals surface area contributed by atoms with Crippen LogP contribution in [0.3, 0.4) is 0 Å². The molecule has 4 heteroatoms. The number of nitrogens with zero attached hydrogens (tertiary/aromatic N) is 3. The fraction of sp³-hybridized carbons (Fsp3) is 0. The summed E-state index contributed by atoms with van der Waals surface area (Å²) in [5, 5.41) is 9.85. The minimum atomic E-state index is 0.446. The molecule has 0 saturated heterocycles. The van der Waals surface area contributed by atoms with Gasteiger partial charge in [-0.1, -0.05) is 41.6 Å². The third-order valence-corrected chi connectivity index (χ3v) is 2.69. The van der Waals surface area contributed by atoms with Crippen molar-refractivity contribution < 1.29 is 4.79 Å². The topological polar surface area (TPSA) is 47.8 Å². The zero-order chi connectivity index (χ0) is 11.7. The van der Waals surface area contributed by atoms with E-state index in [9.17, 15) is 4.79 Å². The van der Waals surface area contributed by atoms with Gasteiger partial charge in [-0.15, -0.1) is 5.10 Å². The Labute approximate surface area is 97.5 Å². The molecular formula is C13H9N3O. The molecule has 1 aromatic heterocycles. The van der Waals surface area contributed by atoms with Gasteiger partial charge in [0.2, 0.25) is 0 Å². The van der Waals surface area contributed by atoms with Gasteiger partial charge in [0.1, 0.15) is 5.69 Å². The molecule has 4 nitrogen and oxygen atoms in total. The standard InChI is InChI=1S/C13H9N3O/c17-9-11-8-14-15-16(11)13-7-3-5-10-4-1-2-6-12(10)13/h1-9H. The van der Waals surface area contributed by atoms with Gasteiger partial charge in [-0.3, -0.25) is 4.79 Å². The number of carbonyl (C=O) groups is 1. The van der Waals surface area contributed by atoms with Crippen LogP contribution < -0.4 is 0 Å². The van der Waals surface area contributed by atoms with Crippen molar-refractivity contribution in [1.82, 2.24) is 15.0 Å². The second-order valence-electron chi connectivity index (χ2n) is 3.69. The molecule has 0 saturated carbocycles. The average Bonchev–Trinajstić information content (AvgIpc) is 2.86. The summed E-state index contributed by atoms with van der Waals surface area (Å²) in [4.78, 5) is 10.9. The molecule has 1 heterocycles. The van der Waals surface area contributed by atoms with Gasteiger partial charge in [-0.05, 0) is 11.5 Å². The van der Waals surface area contributed by atoms with Crippen LogP contribution in [0.5, 0.6) is 0 Å². The van der Waals surface area contributed by atoms with Crippen LogP contribution >= 0.6 is 0 Å². The molecule has 0 bridgehead atoms. The number of rotatable bonds is 2. The summed E-state index contributed by atoms with van der Waals surface area (Å²) in [6.45, 7) is 0. The third-order valence-electron chi connectivity index (χ3n) is 2.69. The van der Waals surface area contributed by atoms with E-state index < -0.39 is 0 Å². The summed E-state index contributed by atoms with van der Waals surface area (Å²) in [5.74, 6) is 0. The minimum Gasteiger partial charge on any atom is -0.296 e. The zero-order valence-electron chi connectivity index (χ0n) is 8.95. The van der Waals surface area contributed by atoms with Crippen LogP contribution in [-0.4, -0.2) is 21.3 Å². The predicted molar refractivity (Wildman–Crippen MR) is 64.3 cm³/mol. The first kappa shape index (κ1) is 9.72. The summed E-state index contributed by atoms with van der Waals surface area (Å²) in [5.41, 5.74) is 1.31. The SMILES string of the molecule is O=Cc1cnnn1-c1cccc2ccccc12. The second-order valence-corrected chi connectivity index (χ2v) is 3.69. The average molecular weight is 223 g/mol. The van der Waals surface area contributed by atoms with E-state index in [4.69, 9.17) is 0 Å². The number of hydrogen-bond donors (Lipinski definition) is 0. The van der Waals surface area contributed by atoms with Gasteiger partial charge < -0.3 is 0 Å². The highest BCUT2D eigenvalue weighted by Crippen LogP contribution is 2.21. The highest BCUT2D eigenvalue weighted by Gasteiger charge is 2.07. The summed E-state index contributed by atoms with van der Waals surface area (Å²) in [6, 6.07) is 13.9. The minimum absolute atomic E-state index is 0.446. The zero-order valence-corrected chi connectivity index (χ0v) is 8.95. The van der Waals surface area contributed by atoms with Crippen molar-refractivity contribution in [3.8, 4) is 5.69 Å². The van der Waals surface area contributed by atoms with Crippen molar-refractivity contribution in [2.24, 2.45) is 0 Å². The van der Waals surface area contributed by atoms with E-state index >= 15 is 0 Å². The van der Waals surface area contributed by atoms with Crippen molar-refractivity contribution >= 4 is 17.1 Å². The van der Waals surface area contributed by atoms with E-state index in [0.717, 1.165) is 22.7 Å². The fourth-order valence-electron chi connectivity index (χ4n) is 1.90. The molecule has 0 aliphatic carbocycles. The van der Waals surface area contributed by atoms with Gasteiger partial charge >= 0.3 is 0 Å². The lowest BCUT2D eigenvalue weighted by molar-refractivity contribution is 0.111. The Bertz CT molecular complexity index is 682. The highest BCUT2D eigenvalue weighted by atomic mass is 16.1. The van der Waals surface area contributed by atoms with Crippen molar-refractivity contribution in [3.05, 3.63) is 54.4 Å². The summed E-state index contributed by atoms with van der Waals surface area (Å²) < 4.78 is 1.55. The Morgan fingerprint density at radius 2 is 1.88 bits per heavy atom. The van der Waals surface area contributed by atoms with Crippen molar-refractivity contribution in [3.63, 3.8) is 0 Å². The van der Waals surface area contributed by atoms with Crippen molar-refractivity contribution in [1.29, 1.82) is 0 Å². The Morgan fingerprint density at radius 1 is 1.06 bits per heavy atom. The summed E-state index contributed by atoms with van der Waals surface area (Å²) in [7, 11) is 0. The van der Waals surface area contributed by atoms with E-state index in [0.29, 0.717) is 5.69 Å². The lowest BCUT2D eigenvalue weighted by Crippen LogP contribution is -2.01. The monoisotopic (exact) mass is 223 g/mol. The lowest BCUT2D eigenvalue weighted by Gasteiger charge is -2.06. The van der Waals surface area contributed by atoms with Crippen LogP contribution in [0.15, 0.2) is 48.7 Å². The largest absolute Gasteiger partial charge is 0.296 e. The van der Waals surface area contributed by atoms with Crippen LogP contribution in [0.25, 0.3) is 16.5 Å². The maximum absolute atomic E-state index is 10.9. The molecule has 17 heavy (non-hydrogen) atoms. The molecule has 0 atom stereocenters. The Balaban J connectivity index is 2.34. The van der Waals surface area contributed by atoms with E-state index in [1.54, 1.807) is 4.68 Å². The molecule has 0 fully saturated rings. The van der Waals surface area contributed by atoms with Crippen LogP contribution in [0.2, 0.25) is 0 Å². The number of aromatic nitrogens is 3. The van der Waals surface area contributed by atoms with Gasteiger partial charge in [0.05, 0.1) is 11.9 Å². The Morgan fingerprint density at radius 3 is 2.76 bits per heavy atom. The molecule has 3 rings (SSSR count). The number of carbonyl (C=O) groups excluding carboxylic acids is 1. The molecule has 0 unspecified atom stereocenters. The molecule has 0 amide bonds. The van der Waals surface area contributed by atoms with Gasteiger partial charge in [0.15, 0.2) is 6.29 Å². The van der Waals surface area contributed by atoms with E-state index in [2.05, 4.69) is 10.3 Å². The van der Waals surface area contributed by atoms with E-state index in [1.165, 1.54) is 6.20 Å². The second kappa shape index (κ2) is 3.83. The van der Waals surface area contributed by atoms with Gasteiger partial charge in [-0.25, -0.2) is 4.68 Å². The molecule has 0 spiro atoms. The molecular weight excluding hydrogens is 214 g/mol. The maximum Gasteiger partial charge on any atom is 0.170 e. The van der Waals surface area contributed by atoms with Crippen LogP contribution in [0.1, 0.15) is 10.5 Å². The first-order chi connectivity index (χ1) is 8.40. The highest BCUT2D eigenvalue weighted by molar-refractivity contribution is 5.90. The first-order valence-electron chi connectivity index (χ1n) is 5.24. The molecule has 3 aromatic rings. The molecule has 0 aliphatic rings. The van der Waals surface area contributed by atoms with Gasteiger partial charge in [0.25, 0.3) is 0 Å². The summed E-state index contributed by atoms with van der Waals surface area (Å²) in [6.07, 6.45) is 2.20. The first-order valence-corrected chi connectivity index (χ1v) is 5.24. The maximum atomic E-state index is 10.9. The number of fused-ring (bicyclic) bond motifs is 1. The van der Waals surface area contributed by atoms with Crippen molar-refractivity contribution in [2.75, 3.05) is 0 Å². The quantitative estimate of drug-likeness (QED) is 0.626. The normalized spacial score (nSPS) is 10.6. The molecule has 82 valence electrons. The summed E-state index contributed by atoms with van der Waals surface area (Å²) >= 11 is 0. The van der Waals surface area contributed by atoms with Crippen molar-refractivity contribution in [2.45, 2.75) is 0 Å². The van der Waals surface area contributed by atoms with Gasteiger partial charge in [-0.2, -0.15) is 0 Å². The number of hydrogen-bond acceptors (Lipinski definition) is 3. The third kappa shape index (κ3) is 1.50. The molecule has 0 N–H and O–H groups in total.